The van der Waals surface area contributed by atoms with E-state index in [4.69, 9.17) is 10.5 Å². The average molecular weight is 311 g/mol. The maximum absolute atomic E-state index is 13.1. The maximum Gasteiger partial charge on any atom is 0.222 e. The lowest BCUT2D eigenvalue weighted by Gasteiger charge is -2.10. The summed E-state index contributed by atoms with van der Waals surface area (Å²) in [4.78, 5) is 4.17. The van der Waals surface area contributed by atoms with Gasteiger partial charge in [-0.05, 0) is 46.6 Å². The average Bonchev–Trinajstić information content (AvgIpc) is 2.36. The van der Waals surface area contributed by atoms with E-state index < -0.39 is 0 Å². The lowest BCUT2D eigenvalue weighted by molar-refractivity contribution is 0.451. The fourth-order valence-corrected chi connectivity index (χ4v) is 1.83. The van der Waals surface area contributed by atoms with Gasteiger partial charge in [0.05, 0.1) is 4.47 Å². The van der Waals surface area contributed by atoms with E-state index >= 15 is 0 Å². The first-order valence-electron chi connectivity index (χ1n) is 5.38. The number of benzene rings is 1. The summed E-state index contributed by atoms with van der Waals surface area (Å²) in [6.45, 7) is 2.30. The Kier molecular flexibility index (Phi) is 3.93. The van der Waals surface area contributed by atoms with E-state index in [9.17, 15) is 4.39 Å². The Morgan fingerprint density at radius 2 is 2.17 bits per heavy atom. The van der Waals surface area contributed by atoms with E-state index in [2.05, 4.69) is 20.9 Å². The summed E-state index contributed by atoms with van der Waals surface area (Å²) >= 11 is 3.30. The van der Waals surface area contributed by atoms with Crippen molar-refractivity contribution in [3.05, 3.63) is 51.9 Å². The van der Waals surface area contributed by atoms with Crippen LogP contribution in [0.5, 0.6) is 11.6 Å². The summed E-state index contributed by atoms with van der Waals surface area (Å²) in [6.07, 6.45) is 1.65. The Labute approximate surface area is 113 Å². The number of nitrogens with zero attached hydrogens (tertiary/aromatic N) is 1. The van der Waals surface area contributed by atoms with Crippen molar-refractivity contribution in [2.24, 2.45) is 5.73 Å². The topological polar surface area (TPSA) is 48.1 Å². The highest BCUT2D eigenvalue weighted by Crippen LogP contribution is 2.30. The van der Waals surface area contributed by atoms with Gasteiger partial charge in [0.25, 0.3) is 0 Å². The highest BCUT2D eigenvalue weighted by Gasteiger charge is 2.08. The third kappa shape index (κ3) is 2.86. The van der Waals surface area contributed by atoms with Gasteiger partial charge in [-0.2, -0.15) is 0 Å². The second-order valence-electron chi connectivity index (χ2n) is 3.85. The van der Waals surface area contributed by atoms with Gasteiger partial charge < -0.3 is 10.5 Å². The summed E-state index contributed by atoms with van der Waals surface area (Å²) in [6, 6.07) is 6.15. The van der Waals surface area contributed by atoms with Gasteiger partial charge in [-0.15, -0.1) is 0 Å². The number of aryl methyl sites for hydroxylation is 1. The van der Waals surface area contributed by atoms with Crippen LogP contribution in [0.15, 0.2) is 34.9 Å². The van der Waals surface area contributed by atoms with Crippen molar-refractivity contribution in [3.8, 4) is 11.6 Å². The highest BCUT2D eigenvalue weighted by atomic mass is 79.9. The number of hydrogen-bond acceptors (Lipinski definition) is 3. The largest absolute Gasteiger partial charge is 0.437 e. The van der Waals surface area contributed by atoms with Crippen LogP contribution in [0, 0.1) is 12.7 Å². The minimum atomic E-state index is -0.357. The second-order valence-corrected chi connectivity index (χ2v) is 4.70. The molecule has 0 spiro atoms. The minimum Gasteiger partial charge on any atom is -0.437 e. The van der Waals surface area contributed by atoms with Crippen molar-refractivity contribution < 1.29 is 9.13 Å². The number of nitrogens with two attached hydrogens (primary N) is 1. The normalized spacial score (nSPS) is 10.4. The smallest absolute Gasteiger partial charge is 0.222 e. The molecule has 0 saturated heterocycles. The molecular weight excluding hydrogens is 299 g/mol. The summed E-state index contributed by atoms with van der Waals surface area (Å²) in [5, 5.41) is 0. The molecule has 1 heterocycles. The zero-order chi connectivity index (χ0) is 13.1. The molecule has 2 N–H and O–H groups in total. The molecule has 0 aliphatic rings. The van der Waals surface area contributed by atoms with Crippen molar-refractivity contribution in [2.45, 2.75) is 13.5 Å². The molecule has 3 nitrogen and oxygen atoms in total. The van der Waals surface area contributed by atoms with E-state index in [0.717, 1.165) is 11.1 Å². The molecule has 5 heteroatoms. The van der Waals surface area contributed by atoms with E-state index in [-0.39, 0.29) is 5.82 Å². The highest BCUT2D eigenvalue weighted by molar-refractivity contribution is 9.10. The van der Waals surface area contributed by atoms with Gasteiger partial charge in [0.1, 0.15) is 11.6 Å². The fraction of sp³-hybridized carbons (Fsp3) is 0.154. The van der Waals surface area contributed by atoms with Gasteiger partial charge in [-0.25, -0.2) is 9.37 Å². The van der Waals surface area contributed by atoms with Crippen LogP contribution in [0.25, 0.3) is 0 Å². The van der Waals surface area contributed by atoms with Gasteiger partial charge in [-0.3, -0.25) is 0 Å². The quantitative estimate of drug-likeness (QED) is 0.943. The van der Waals surface area contributed by atoms with Gasteiger partial charge in [0.15, 0.2) is 0 Å². The molecule has 0 atom stereocenters. The van der Waals surface area contributed by atoms with Crippen molar-refractivity contribution in [3.63, 3.8) is 0 Å². The second kappa shape index (κ2) is 5.46. The van der Waals surface area contributed by atoms with Crippen LogP contribution in [0.4, 0.5) is 4.39 Å². The zero-order valence-corrected chi connectivity index (χ0v) is 11.4. The lowest BCUT2D eigenvalue weighted by atomic mass is 10.2. The molecule has 0 fully saturated rings. The third-order valence-electron chi connectivity index (χ3n) is 2.42. The van der Waals surface area contributed by atoms with E-state index in [1.807, 2.05) is 13.0 Å². The Hall–Kier alpha value is -1.46. The number of rotatable bonds is 3. The predicted octanol–water partition coefficient (Wildman–Crippen LogP) is 3.54. The van der Waals surface area contributed by atoms with E-state index in [1.165, 1.54) is 12.1 Å². The van der Waals surface area contributed by atoms with Crippen LogP contribution >= 0.6 is 15.9 Å². The number of hydrogen-bond donors (Lipinski definition) is 1. The summed E-state index contributed by atoms with van der Waals surface area (Å²) in [7, 11) is 0. The molecule has 1 aromatic carbocycles. The van der Waals surface area contributed by atoms with Crippen LogP contribution in [0.2, 0.25) is 0 Å². The Morgan fingerprint density at radius 3 is 2.83 bits per heavy atom. The number of pyridine rings is 1. The van der Waals surface area contributed by atoms with Gasteiger partial charge in [0, 0.05) is 24.4 Å². The molecule has 94 valence electrons. The van der Waals surface area contributed by atoms with Crippen molar-refractivity contribution in [1.29, 1.82) is 0 Å². The van der Waals surface area contributed by atoms with Gasteiger partial charge in [-0.1, -0.05) is 0 Å². The molecular formula is C13H12BrFN2O. The molecule has 0 bridgehead atoms. The van der Waals surface area contributed by atoms with Crippen molar-refractivity contribution >= 4 is 15.9 Å². The molecule has 2 rings (SSSR count). The fourth-order valence-electron chi connectivity index (χ4n) is 1.50. The maximum atomic E-state index is 13.1. The first-order chi connectivity index (χ1) is 8.60. The molecule has 18 heavy (non-hydrogen) atoms. The molecule has 0 aliphatic heterocycles. The van der Waals surface area contributed by atoms with Crippen LogP contribution in [-0.2, 0) is 6.54 Å². The zero-order valence-electron chi connectivity index (χ0n) is 9.78. The van der Waals surface area contributed by atoms with Crippen molar-refractivity contribution in [2.75, 3.05) is 0 Å². The number of halogens is 2. The molecule has 1 aromatic heterocycles. The number of aromatic nitrogens is 1. The lowest BCUT2D eigenvalue weighted by Crippen LogP contribution is -1.99. The standard InChI is InChI=1S/C13H12BrFN2O/c1-8-4-9(6-16)7-17-13(8)18-12-5-10(15)2-3-11(12)14/h2-5,7H,6,16H2,1H3. The van der Waals surface area contributed by atoms with E-state index in [0.29, 0.717) is 22.6 Å². The first-order valence-corrected chi connectivity index (χ1v) is 6.18. The summed E-state index contributed by atoms with van der Waals surface area (Å²) in [5.74, 6) is 0.481. The van der Waals surface area contributed by atoms with Crippen LogP contribution in [-0.4, -0.2) is 4.98 Å². The summed E-state index contributed by atoms with van der Waals surface area (Å²) in [5.41, 5.74) is 7.31. The molecule has 0 amide bonds. The van der Waals surface area contributed by atoms with Crippen LogP contribution < -0.4 is 10.5 Å². The minimum absolute atomic E-state index is 0.357. The number of ether oxygens (including phenoxy) is 1. The van der Waals surface area contributed by atoms with Gasteiger partial charge in [0.2, 0.25) is 5.88 Å². The van der Waals surface area contributed by atoms with E-state index in [1.54, 1.807) is 12.3 Å². The Balaban J connectivity index is 2.31. The summed E-state index contributed by atoms with van der Waals surface area (Å²) < 4.78 is 19.4. The molecule has 0 radical (unpaired) electrons. The predicted molar refractivity (Wildman–Crippen MR) is 71.0 cm³/mol. The SMILES string of the molecule is Cc1cc(CN)cnc1Oc1cc(F)ccc1Br. The van der Waals surface area contributed by atoms with Gasteiger partial charge >= 0.3 is 0 Å². The molecule has 2 aromatic rings. The monoisotopic (exact) mass is 310 g/mol. The first kappa shape index (κ1) is 13.0. The molecule has 0 aliphatic carbocycles. The van der Waals surface area contributed by atoms with Crippen LogP contribution in [0.3, 0.4) is 0 Å². The molecule has 0 unspecified atom stereocenters. The Morgan fingerprint density at radius 1 is 1.39 bits per heavy atom. The Bertz CT molecular complexity index is 575. The van der Waals surface area contributed by atoms with Crippen LogP contribution in [0.1, 0.15) is 11.1 Å². The molecule has 0 saturated carbocycles. The van der Waals surface area contributed by atoms with Crippen molar-refractivity contribution in [1.82, 2.24) is 4.98 Å². The third-order valence-corrected chi connectivity index (χ3v) is 3.08.